The third-order valence-corrected chi connectivity index (χ3v) is 6.07. The molecule has 0 radical (unpaired) electrons. The first-order valence-corrected chi connectivity index (χ1v) is 9.97. The number of nitrogens with one attached hydrogen (secondary N) is 2. The predicted octanol–water partition coefficient (Wildman–Crippen LogP) is 1.19. The molecule has 0 aliphatic carbocycles. The number of ether oxygens (including phenoxy) is 1. The maximum Gasteiger partial charge on any atom is 0.240 e. The zero-order chi connectivity index (χ0) is 16.0. The fourth-order valence-electron chi connectivity index (χ4n) is 2.74. The molecule has 0 atom stereocenters. The van der Waals surface area contributed by atoms with Gasteiger partial charge in [0.25, 0.3) is 0 Å². The molecule has 22 heavy (non-hydrogen) atoms. The minimum absolute atomic E-state index is 0.255. The summed E-state index contributed by atoms with van der Waals surface area (Å²) in [6.45, 7) is 3.96. The van der Waals surface area contributed by atoms with Crippen molar-refractivity contribution in [3.05, 3.63) is 22.7 Å². The first-order chi connectivity index (χ1) is 10.5. The molecule has 1 fully saturated rings. The summed E-state index contributed by atoms with van der Waals surface area (Å²) in [5.74, 6) is 0.618. The molecule has 124 valence electrons. The lowest BCUT2D eigenvalue weighted by Gasteiger charge is -2.23. The Bertz CT molecular complexity index is 586. The molecule has 5 nitrogen and oxygen atoms in total. The molecule has 1 aliphatic heterocycles. The molecule has 1 saturated heterocycles. The van der Waals surface area contributed by atoms with Crippen molar-refractivity contribution in [1.82, 2.24) is 4.72 Å². The highest BCUT2D eigenvalue weighted by Gasteiger charge is 2.17. The summed E-state index contributed by atoms with van der Waals surface area (Å²) in [6, 6.07) is 4.77. The number of piperidine rings is 1. The molecule has 2 N–H and O–H groups in total. The van der Waals surface area contributed by atoms with Gasteiger partial charge in [-0.15, -0.1) is 0 Å². The Morgan fingerprint density at radius 3 is 2.64 bits per heavy atom. The van der Waals surface area contributed by atoms with Crippen molar-refractivity contribution in [2.24, 2.45) is 0 Å². The summed E-state index contributed by atoms with van der Waals surface area (Å²) in [5, 5.41) is 0. The minimum Gasteiger partial charge on any atom is -0.496 e. The molecular formula is C15H24BrN2O3S+. The highest BCUT2D eigenvalue weighted by atomic mass is 79.9. The Morgan fingerprint density at radius 1 is 1.27 bits per heavy atom. The number of likely N-dealkylation sites (tertiary alicyclic amines) is 1. The van der Waals surface area contributed by atoms with Crippen LogP contribution in [0.2, 0.25) is 0 Å². The van der Waals surface area contributed by atoms with E-state index in [2.05, 4.69) is 20.7 Å². The standard InChI is InChI=1S/C15H23BrN2O3S/c1-21-15-7-6-13(12-14(15)16)22(19,20)17-8-5-11-18-9-3-2-4-10-18/h6-7,12,17H,2-5,8-11H2,1H3/p+1. The van der Waals surface area contributed by atoms with Crippen LogP contribution < -0.4 is 14.4 Å². The maximum absolute atomic E-state index is 12.3. The van der Waals surface area contributed by atoms with E-state index in [1.807, 2.05) is 0 Å². The smallest absolute Gasteiger partial charge is 0.240 e. The number of hydrogen-bond donors (Lipinski definition) is 2. The summed E-state index contributed by atoms with van der Waals surface area (Å²) in [7, 11) is -1.90. The van der Waals surface area contributed by atoms with Crippen LogP contribution in [0.15, 0.2) is 27.6 Å². The van der Waals surface area contributed by atoms with Crippen LogP contribution >= 0.6 is 15.9 Å². The van der Waals surface area contributed by atoms with Gasteiger partial charge in [-0.05, 0) is 53.4 Å². The van der Waals surface area contributed by atoms with Gasteiger partial charge in [0.05, 0.1) is 36.1 Å². The third-order valence-electron chi connectivity index (χ3n) is 3.99. The maximum atomic E-state index is 12.3. The number of rotatable bonds is 7. The van der Waals surface area contributed by atoms with Crippen LogP contribution in [0.3, 0.4) is 0 Å². The minimum atomic E-state index is -3.46. The molecule has 2 rings (SSSR count). The molecule has 0 unspecified atom stereocenters. The third kappa shape index (κ3) is 4.94. The number of halogens is 1. The normalized spacial score (nSPS) is 16.6. The van der Waals surface area contributed by atoms with Crippen LogP contribution in [-0.2, 0) is 10.0 Å². The lowest BCUT2D eigenvalue weighted by atomic mass is 10.1. The monoisotopic (exact) mass is 391 g/mol. The van der Waals surface area contributed by atoms with Crippen molar-refractivity contribution in [2.75, 3.05) is 33.3 Å². The van der Waals surface area contributed by atoms with Gasteiger partial charge in [-0.25, -0.2) is 13.1 Å². The Kier molecular flexibility index (Phi) is 6.67. The highest BCUT2D eigenvalue weighted by molar-refractivity contribution is 9.10. The van der Waals surface area contributed by atoms with Crippen LogP contribution in [0.5, 0.6) is 5.75 Å². The van der Waals surface area contributed by atoms with Crippen LogP contribution in [-0.4, -0.2) is 41.7 Å². The van der Waals surface area contributed by atoms with Crippen molar-refractivity contribution >= 4 is 26.0 Å². The zero-order valence-corrected chi connectivity index (χ0v) is 15.3. The van der Waals surface area contributed by atoms with E-state index in [-0.39, 0.29) is 4.90 Å². The molecular weight excluding hydrogens is 368 g/mol. The largest absolute Gasteiger partial charge is 0.496 e. The molecule has 1 aliphatic rings. The van der Waals surface area contributed by atoms with Crippen molar-refractivity contribution in [2.45, 2.75) is 30.6 Å². The first-order valence-electron chi connectivity index (χ1n) is 7.70. The number of methoxy groups -OCH3 is 1. The van der Waals surface area contributed by atoms with Crippen molar-refractivity contribution < 1.29 is 18.1 Å². The number of sulfonamides is 1. The lowest BCUT2D eigenvalue weighted by molar-refractivity contribution is -0.904. The van der Waals surface area contributed by atoms with Gasteiger partial charge < -0.3 is 9.64 Å². The molecule has 1 heterocycles. The topological polar surface area (TPSA) is 59.8 Å². The van der Waals surface area contributed by atoms with E-state index in [4.69, 9.17) is 4.74 Å². The van der Waals surface area contributed by atoms with Crippen LogP contribution in [0, 0.1) is 0 Å². The van der Waals surface area contributed by atoms with Gasteiger partial charge in [-0.2, -0.15) is 0 Å². The molecule has 7 heteroatoms. The Balaban J connectivity index is 1.84. The van der Waals surface area contributed by atoms with E-state index in [0.717, 1.165) is 13.0 Å². The van der Waals surface area contributed by atoms with Crippen molar-refractivity contribution in [3.8, 4) is 5.75 Å². The van der Waals surface area contributed by atoms with Gasteiger partial charge in [0, 0.05) is 13.0 Å². The van der Waals surface area contributed by atoms with Gasteiger partial charge in [-0.1, -0.05) is 0 Å². The van der Waals surface area contributed by atoms with E-state index in [9.17, 15) is 8.42 Å². The highest BCUT2D eigenvalue weighted by Crippen LogP contribution is 2.27. The summed E-state index contributed by atoms with van der Waals surface area (Å²) in [6.07, 6.45) is 4.79. The van der Waals surface area contributed by atoms with E-state index < -0.39 is 10.0 Å². The molecule has 1 aromatic carbocycles. The fraction of sp³-hybridized carbons (Fsp3) is 0.600. The van der Waals surface area contributed by atoms with E-state index in [1.54, 1.807) is 30.2 Å². The van der Waals surface area contributed by atoms with Gasteiger partial charge in [-0.3, -0.25) is 0 Å². The van der Waals surface area contributed by atoms with E-state index in [1.165, 1.54) is 32.4 Å². The van der Waals surface area contributed by atoms with Crippen LogP contribution in [0.1, 0.15) is 25.7 Å². The second-order valence-corrected chi connectivity index (χ2v) is 8.23. The number of hydrogen-bond acceptors (Lipinski definition) is 3. The van der Waals surface area contributed by atoms with E-state index in [0.29, 0.717) is 16.8 Å². The molecule has 1 aromatic rings. The second kappa shape index (κ2) is 8.29. The fourth-order valence-corrected chi connectivity index (χ4v) is 4.54. The molecule has 0 saturated carbocycles. The van der Waals surface area contributed by atoms with Gasteiger partial charge in [0.15, 0.2) is 0 Å². The Morgan fingerprint density at radius 2 is 2.00 bits per heavy atom. The summed E-state index contributed by atoms with van der Waals surface area (Å²) in [5.41, 5.74) is 0. The van der Waals surface area contributed by atoms with Crippen LogP contribution in [0.4, 0.5) is 0 Å². The first kappa shape index (κ1) is 17.7. The van der Waals surface area contributed by atoms with Crippen molar-refractivity contribution in [3.63, 3.8) is 0 Å². The Labute approximate surface area is 141 Å². The number of benzene rings is 1. The van der Waals surface area contributed by atoms with Gasteiger partial charge >= 0.3 is 0 Å². The molecule has 0 spiro atoms. The second-order valence-electron chi connectivity index (χ2n) is 5.61. The van der Waals surface area contributed by atoms with E-state index >= 15 is 0 Å². The van der Waals surface area contributed by atoms with Gasteiger partial charge in [0.1, 0.15) is 5.75 Å². The molecule has 0 aromatic heterocycles. The molecule has 0 amide bonds. The average Bonchev–Trinajstić information content (AvgIpc) is 2.52. The summed E-state index contributed by atoms with van der Waals surface area (Å²) < 4.78 is 32.9. The van der Waals surface area contributed by atoms with Gasteiger partial charge in [0.2, 0.25) is 10.0 Å². The zero-order valence-electron chi connectivity index (χ0n) is 12.9. The summed E-state index contributed by atoms with van der Waals surface area (Å²) in [4.78, 5) is 1.85. The SMILES string of the molecule is COc1ccc(S(=O)(=O)NCCC[NH+]2CCCCC2)cc1Br. The van der Waals surface area contributed by atoms with Crippen LogP contribution in [0.25, 0.3) is 0 Å². The average molecular weight is 392 g/mol. The lowest BCUT2D eigenvalue weighted by Crippen LogP contribution is -3.12. The Hall–Kier alpha value is -0.630. The quantitative estimate of drug-likeness (QED) is 0.686. The summed E-state index contributed by atoms with van der Waals surface area (Å²) >= 11 is 3.31. The molecule has 0 bridgehead atoms. The predicted molar refractivity (Wildman–Crippen MR) is 89.9 cm³/mol. The number of quaternary nitrogens is 1. The van der Waals surface area contributed by atoms with Crippen molar-refractivity contribution in [1.29, 1.82) is 0 Å².